The van der Waals surface area contributed by atoms with Crippen LogP contribution in [0.25, 0.3) is 0 Å². The highest BCUT2D eigenvalue weighted by Gasteiger charge is 2.32. The summed E-state index contributed by atoms with van der Waals surface area (Å²) in [4.78, 5) is 15.9. The second-order valence-corrected chi connectivity index (χ2v) is 6.68. The van der Waals surface area contributed by atoms with Crippen molar-refractivity contribution >= 4 is 17.7 Å². The van der Waals surface area contributed by atoms with Crippen LogP contribution in [-0.2, 0) is 24.8 Å². The summed E-state index contributed by atoms with van der Waals surface area (Å²) in [5, 5.41) is 4.19. The Balaban J connectivity index is 1.66. The second kappa shape index (κ2) is 6.57. The smallest absolute Gasteiger partial charge is 0.227 e. The van der Waals surface area contributed by atoms with Crippen molar-refractivity contribution in [1.82, 2.24) is 14.7 Å². The van der Waals surface area contributed by atoms with E-state index in [1.807, 2.05) is 24.3 Å². The zero-order chi connectivity index (χ0) is 15.5. The zero-order valence-corrected chi connectivity index (χ0v) is 13.8. The van der Waals surface area contributed by atoms with Crippen LogP contribution in [0, 0.1) is 0 Å². The highest BCUT2D eigenvalue weighted by atomic mass is 32.2. The molecule has 5 heteroatoms. The third-order valence-corrected chi connectivity index (χ3v) is 4.68. The van der Waals surface area contributed by atoms with Crippen molar-refractivity contribution in [2.45, 2.75) is 36.7 Å². The Morgan fingerprint density at radius 3 is 2.59 bits per heavy atom. The molecule has 0 saturated heterocycles. The van der Waals surface area contributed by atoms with Gasteiger partial charge in [-0.3, -0.25) is 9.48 Å². The summed E-state index contributed by atoms with van der Waals surface area (Å²) in [7, 11) is 1.90. The van der Waals surface area contributed by atoms with Crippen LogP contribution in [0.1, 0.15) is 24.0 Å². The molecule has 22 heavy (non-hydrogen) atoms. The molecule has 0 N–H and O–H groups in total. The molecular formula is C17H21N3OS. The Bertz CT molecular complexity index is 646. The third-order valence-electron chi connectivity index (χ3n) is 3.93. The highest BCUT2D eigenvalue weighted by Crippen LogP contribution is 2.29. The van der Waals surface area contributed by atoms with Gasteiger partial charge >= 0.3 is 0 Å². The number of amides is 1. The van der Waals surface area contributed by atoms with Crippen LogP contribution in [0.3, 0.4) is 0 Å². The fraction of sp³-hybridized carbons (Fsp3) is 0.412. The average molecular weight is 315 g/mol. The predicted octanol–water partition coefficient (Wildman–Crippen LogP) is 2.88. The number of benzene rings is 1. The van der Waals surface area contributed by atoms with Crippen molar-refractivity contribution in [2.24, 2.45) is 7.05 Å². The molecule has 1 aromatic carbocycles. The standard InChI is InChI=1S/C17H21N3OS/c1-19-11-14(10-18-19)12-20(15-5-6-15)17(21)9-13-3-7-16(22-2)8-4-13/h3-4,7-8,10-11,15H,5-6,9,12H2,1-2H3. The fourth-order valence-electron chi connectivity index (χ4n) is 2.58. The summed E-state index contributed by atoms with van der Waals surface area (Å²) in [5.41, 5.74) is 2.18. The Morgan fingerprint density at radius 2 is 2.05 bits per heavy atom. The first-order valence-electron chi connectivity index (χ1n) is 7.55. The van der Waals surface area contributed by atoms with Gasteiger partial charge in [0.05, 0.1) is 12.6 Å². The summed E-state index contributed by atoms with van der Waals surface area (Å²) in [6.07, 6.45) is 8.61. The van der Waals surface area contributed by atoms with Gasteiger partial charge in [-0.2, -0.15) is 5.10 Å². The van der Waals surface area contributed by atoms with Gasteiger partial charge in [-0.1, -0.05) is 12.1 Å². The first-order valence-corrected chi connectivity index (χ1v) is 8.78. The van der Waals surface area contributed by atoms with Crippen LogP contribution in [0.2, 0.25) is 0 Å². The molecule has 1 aliphatic rings. The van der Waals surface area contributed by atoms with Crippen molar-refractivity contribution in [1.29, 1.82) is 0 Å². The van der Waals surface area contributed by atoms with Gasteiger partial charge in [-0.25, -0.2) is 0 Å². The number of aryl methyl sites for hydroxylation is 1. The lowest BCUT2D eigenvalue weighted by atomic mass is 10.1. The maximum absolute atomic E-state index is 12.7. The monoisotopic (exact) mass is 315 g/mol. The van der Waals surface area contributed by atoms with E-state index in [9.17, 15) is 4.79 Å². The van der Waals surface area contributed by atoms with Gasteiger partial charge in [-0.15, -0.1) is 11.8 Å². The van der Waals surface area contributed by atoms with Crippen molar-refractivity contribution in [3.05, 3.63) is 47.8 Å². The molecular weight excluding hydrogens is 294 g/mol. The summed E-state index contributed by atoms with van der Waals surface area (Å²) in [5.74, 6) is 0.211. The SMILES string of the molecule is CSc1ccc(CC(=O)N(Cc2cnn(C)c2)C2CC2)cc1. The Hall–Kier alpha value is -1.75. The Kier molecular flexibility index (Phi) is 4.52. The van der Waals surface area contributed by atoms with E-state index < -0.39 is 0 Å². The molecule has 0 spiro atoms. The van der Waals surface area contributed by atoms with E-state index >= 15 is 0 Å². The van der Waals surface area contributed by atoms with E-state index in [0.29, 0.717) is 19.0 Å². The van der Waals surface area contributed by atoms with Crippen molar-refractivity contribution in [3.8, 4) is 0 Å². The van der Waals surface area contributed by atoms with Gasteiger partial charge in [0.2, 0.25) is 5.91 Å². The van der Waals surface area contributed by atoms with E-state index in [-0.39, 0.29) is 5.91 Å². The fourth-order valence-corrected chi connectivity index (χ4v) is 2.99. The minimum Gasteiger partial charge on any atom is -0.335 e. The molecule has 1 aromatic heterocycles. The van der Waals surface area contributed by atoms with E-state index in [4.69, 9.17) is 0 Å². The molecule has 1 saturated carbocycles. The van der Waals surface area contributed by atoms with Crippen molar-refractivity contribution < 1.29 is 4.79 Å². The molecule has 1 aliphatic carbocycles. The molecule has 0 aliphatic heterocycles. The Morgan fingerprint density at radius 1 is 1.32 bits per heavy atom. The van der Waals surface area contributed by atoms with Crippen molar-refractivity contribution in [3.63, 3.8) is 0 Å². The van der Waals surface area contributed by atoms with Crippen LogP contribution in [0.4, 0.5) is 0 Å². The molecule has 116 valence electrons. The van der Waals surface area contributed by atoms with E-state index in [0.717, 1.165) is 24.0 Å². The minimum atomic E-state index is 0.211. The number of carbonyl (C=O) groups excluding carboxylic acids is 1. The van der Waals surface area contributed by atoms with E-state index in [1.54, 1.807) is 16.4 Å². The highest BCUT2D eigenvalue weighted by molar-refractivity contribution is 7.98. The topological polar surface area (TPSA) is 38.1 Å². The number of hydrogen-bond donors (Lipinski definition) is 0. The van der Waals surface area contributed by atoms with Crippen LogP contribution in [-0.4, -0.2) is 32.9 Å². The van der Waals surface area contributed by atoms with Crippen LogP contribution in [0.5, 0.6) is 0 Å². The lowest BCUT2D eigenvalue weighted by Crippen LogP contribution is -2.33. The summed E-state index contributed by atoms with van der Waals surface area (Å²) in [6.45, 7) is 0.667. The predicted molar refractivity (Wildman–Crippen MR) is 88.7 cm³/mol. The van der Waals surface area contributed by atoms with Crippen LogP contribution >= 0.6 is 11.8 Å². The van der Waals surface area contributed by atoms with Gasteiger partial charge in [0.1, 0.15) is 0 Å². The molecule has 3 rings (SSSR count). The molecule has 0 atom stereocenters. The molecule has 4 nitrogen and oxygen atoms in total. The lowest BCUT2D eigenvalue weighted by Gasteiger charge is -2.22. The Labute approximate surface area is 135 Å². The molecule has 2 aromatic rings. The number of rotatable bonds is 6. The number of hydrogen-bond acceptors (Lipinski definition) is 3. The normalized spacial score (nSPS) is 14.1. The van der Waals surface area contributed by atoms with Crippen LogP contribution < -0.4 is 0 Å². The number of nitrogens with zero attached hydrogens (tertiary/aromatic N) is 3. The number of thioether (sulfide) groups is 1. The molecule has 1 fully saturated rings. The van der Waals surface area contributed by atoms with Gasteiger partial charge in [-0.05, 0) is 36.8 Å². The largest absolute Gasteiger partial charge is 0.335 e. The maximum Gasteiger partial charge on any atom is 0.227 e. The van der Waals surface area contributed by atoms with E-state index in [1.165, 1.54) is 4.90 Å². The molecule has 0 radical (unpaired) electrons. The third kappa shape index (κ3) is 3.71. The zero-order valence-electron chi connectivity index (χ0n) is 13.0. The molecule has 1 amide bonds. The molecule has 1 heterocycles. The van der Waals surface area contributed by atoms with Gasteiger partial charge in [0.15, 0.2) is 0 Å². The quantitative estimate of drug-likeness (QED) is 0.769. The molecule has 0 bridgehead atoms. The lowest BCUT2D eigenvalue weighted by molar-refractivity contribution is -0.131. The van der Waals surface area contributed by atoms with Gasteiger partial charge in [0, 0.05) is 36.3 Å². The summed E-state index contributed by atoms with van der Waals surface area (Å²) >= 11 is 1.72. The van der Waals surface area contributed by atoms with Gasteiger partial charge in [0.25, 0.3) is 0 Å². The van der Waals surface area contributed by atoms with Gasteiger partial charge < -0.3 is 4.90 Å². The van der Waals surface area contributed by atoms with Crippen molar-refractivity contribution in [2.75, 3.05) is 6.26 Å². The van der Waals surface area contributed by atoms with Crippen LogP contribution in [0.15, 0.2) is 41.6 Å². The molecule has 0 unspecified atom stereocenters. The maximum atomic E-state index is 12.7. The number of aromatic nitrogens is 2. The first kappa shape index (κ1) is 15.2. The van der Waals surface area contributed by atoms with E-state index in [2.05, 4.69) is 35.6 Å². The average Bonchev–Trinajstić information content (AvgIpc) is 3.28. The first-order chi connectivity index (χ1) is 10.7. The summed E-state index contributed by atoms with van der Waals surface area (Å²) in [6, 6.07) is 8.68. The number of carbonyl (C=O) groups is 1. The minimum absolute atomic E-state index is 0.211. The summed E-state index contributed by atoms with van der Waals surface area (Å²) < 4.78 is 1.78. The second-order valence-electron chi connectivity index (χ2n) is 5.80.